The van der Waals surface area contributed by atoms with Gasteiger partial charge in [-0.15, -0.1) is 11.3 Å². The van der Waals surface area contributed by atoms with Crippen molar-refractivity contribution in [2.24, 2.45) is 5.92 Å². The third-order valence-corrected chi connectivity index (χ3v) is 6.44. The molecular weight excluding hydrogens is 365 g/mol. The highest BCUT2D eigenvalue weighted by Crippen LogP contribution is 2.40. The summed E-state index contributed by atoms with van der Waals surface area (Å²) in [5, 5.41) is 10.4. The predicted molar refractivity (Wildman–Crippen MR) is 99.3 cm³/mol. The molecule has 1 aromatic carbocycles. The number of rotatable bonds is 4. The van der Waals surface area contributed by atoms with Gasteiger partial charge in [0, 0.05) is 9.75 Å². The molecule has 128 valence electrons. The number of aliphatic carboxylic acids is 1. The molecule has 1 aliphatic heterocycles. The Bertz CT molecular complexity index is 738. The third-order valence-electron chi connectivity index (χ3n) is 4.55. The van der Waals surface area contributed by atoms with Crippen LogP contribution in [-0.4, -0.2) is 29.1 Å². The average Bonchev–Trinajstić information content (AvgIpc) is 2.98. The summed E-state index contributed by atoms with van der Waals surface area (Å²) >= 11 is 14.5. The molecule has 3 nitrogen and oxygen atoms in total. The largest absolute Gasteiger partial charge is 0.481 e. The second-order valence-corrected chi connectivity index (χ2v) is 8.25. The zero-order valence-corrected chi connectivity index (χ0v) is 15.7. The third kappa shape index (κ3) is 3.62. The van der Waals surface area contributed by atoms with Gasteiger partial charge in [0.15, 0.2) is 0 Å². The summed E-state index contributed by atoms with van der Waals surface area (Å²) in [6, 6.07) is 9.98. The van der Waals surface area contributed by atoms with E-state index < -0.39 is 5.97 Å². The lowest BCUT2D eigenvalue weighted by molar-refractivity contribution is -0.143. The normalized spacial score (nSPS) is 17.8. The summed E-state index contributed by atoms with van der Waals surface area (Å²) in [5.74, 6) is -0.944. The van der Waals surface area contributed by atoms with Crippen LogP contribution in [0.1, 0.15) is 34.2 Å². The SMILES string of the molecule is Cc1ccc(C(c2cccc(Cl)c2Cl)N2CCC(C(=O)O)CC2)s1. The van der Waals surface area contributed by atoms with Gasteiger partial charge in [-0.25, -0.2) is 0 Å². The molecule has 0 radical (unpaired) electrons. The monoisotopic (exact) mass is 383 g/mol. The molecule has 1 saturated heterocycles. The van der Waals surface area contributed by atoms with Crippen molar-refractivity contribution >= 4 is 40.5 Å². The number of piperidine rings is 1. The number of hydrogen-bond acceptors (Lipinski definition) is 3. The van der Waals surface area contributed by atoms with Crippen molar-refractivity contribution in [3.63, 3.8) is 0 Å². The predicted octanol–water partition coefficient (Wildman–Crippen LogP) is 5.25. The van der Waals surface area contributed by atoms with Crippen LogP contribution in [0.5, 0.6) is 0 Å². The molecule has 1 unspecified atom stereocenters. The van der Waals surface area contributed by atoms with Gasteiger partial charge in [-0.05, 0) is 56.6 Å². The molecule has 0 bridgehead atoms. The molecule has 0 saturated carbocycles. The molecule has 1 fully saturated rings. The second-order valence-electron chi connectivity index (χ2n) is 6.14. The lowest BCUT2D eigenvalue weighted by atomic mass is 9.94. The maximum atomic E-state index is 11.2. The van der Waals surface area contributed by atoms with E-state index in [4.69, 9.17) is 23.2 Å². The number of carboxylic acid groups (broad SMARTS) is 1. The number of halogens is 2. The average molecular weight is 384 g/mol. The van der Waals surface area contributed by atoms with Gasteiger partial charge in [-0.3, -0.25) is 9.69 Å². The minimum atomic E-state index is -0.695. The van der Waals surface area contributed by atoms with E-state index in [1.165, 1.54) is 9.75 Å². The first-order valence-corrected chi connectivity index (χ1v) is 9.51. The van der Waals surface area contributed by atoms with Crippen LogP contribution >= 0.6 is 34.5 Å². The number of carboxylic acids is 1. The molecule has 2 aromatic rings. The van der Waals surface area contributed by atoms with Gasteiger partial charge < -0.3 is 5.11 Å². The van der Waals surface area contributed by atoms with Crippen molar-refractivity contribution in [1.29, 1.82) is 0 Å². The first-order chi connectivity index (χ1) is 11.5. The summed E-state index contributed by atoms with van der Waals surface area (Å²) in [6.45, 7) is 3.56. The summed E-state index contributed by atoms with van der Waals surface area (Å²) in [5.41, 5.74) is 0.986. The van der Waals surface area contributed by atoms with Gasteiger partial charge in [0.05, 0.1) is 22.0 Å². The highest BCUT2D eigenvalue weighted by Gasteiger charge is 2.32. The standard InChI is InChI=1S/C18H19Cl2NO2S/c1-11-5-6-15(24-11)17(13-3-2-4-14(19)16(13)20)21-9-7-12(8-10-21)18(22)23/h2-6,12,17H,7-10H2,1H3,(H,22,23). The molecule has 0 amide bonds. The maximum absolute atomic E-state index is 11.2. The van der Waals surface area contributed by atoms with Crippen LogP contribution in [0.25, 0.3) is 0 Å². The van der Waals surface area contributed by atoms with Crippen LogP contribution in [-0.2, 0) is 4.79 Å². The maximum Gasteiger partial charge on any atom is 0.306 e. The molecule has 1 N–H and O–H groups in total. The Balaban J connectivity index is 1.95. The fourth-order valence-electron chi connectivity index (χ4n) is 3.27. The zero-order chi connectivity index (χ0) is 17.3. The van der Waals surface area contributed by atoms with Gasteiger partial charge in [-0.2, -0.15) is 0 Å². The smallest absolute Gasteiger partial charge is 0.306 e. The number of nitrogens with zero attached hydrogens (tertiary/aromatic N) is 1. The minimum absolute atomic E-state index is 0.0182. The Morgan fingerprint density at radius 2 is 1.96 bits per heavy atom. The molecule has 1 aromatic heterocycles. The first kappa shape index (κ1) is 17.7. The van der Waals surface area contributed by atoms with E-state index >= 15 is 0 Å². The van der Waals surface area contributed by atoms with E-state index in [0.717, 1.165) is 18.7 Å². The summed E-state index contributed by atoms with van der Waals surface area (Å²) < 4.78 is 0. The topological polar surface area (TPSA) is 40.5 Å². The van der Waals surface area contributed by atoms with Crippen molar-refractivity contribution in [2.45, 2.75) is 25.8 Å². The van der Waals surface area contributed by atoms with E-state index in [0.29, 0.717) is 22.9 Å². The quantitative estimate of drug-likeness (QED) is 0.783. The van der Waals surface area contributed by atoms with Gasteiger partial charge in [0.1, 0.15) is 0 Å². The van der Waals surface area contributed by atoms with Crippen molar-refractivity contribution < 1.29 is 9.90 Å². The van der Waals surface area contributed by atoms with Crippen molar-refractivity contribution in [3.05, 3.63) is 55.7 Å². The van der Waals surface area contributed by atoms with Gasteiger partial charge in [0.25, 0.3) is 0 Å². The fraction of sp³-hybridized carbons (Fsp3) is 0.389. The van der Waals surface area contributed by atoms with Crippen LogP contribution < -0.4 is 0 Å². The molecule has 24 heavy (non-hydrogen) atoms. The molecule has 2 heterocycles. The van der Waals surface area contributed by atoms with E-state index in [9.17, 15) is 9.90 Å². The molecule has 3 rings (SSSR count). The Morgan fingerprint density at radius 3 is 2.54 bits per heavy atom. The fourth-order valence-corrected chi connectivity index (χ4v) is 4.71. The number of carbonyl (C=O) groups is 1. The van der Waals surface area contributed by atoms with E-state index in [-0.39, 0.29) is 12.0 Å². The Hall–Kier alpha value is -1.07. The summed E-state index contributed by atoms with van der Waals surface area (Å²) in [7, 11) is 0. The van der Waals surface area contributed by atoms with Crippen molar-refractivity contribution in [1.82, 2.24) is 4.90 Å². The molecule has 1 aliphatic rings. The molecule has 6 heteroatoms. The second kappa shape index (κ2) is 7.44. The first-order valence-electron chi connectivity index (χ1n) is 7.94. The number of thiophene rings is 1. The van der Waals surface area contributed by atoms with E-state index in [1.54, 1.807) is 17.4 Å². The van der Waals surface area contributed by atoms with E-state index in [2.05, 4.69) is 24.0 Å². The van der Waals surface area contributed by atoms with Gasteiger partial charge in [0.2, 0.25) is 0 Å². The minimum Gasteiger partial charge on any atom is -0.481 e. The molecule has 1 atom stereocenters. The highest BCUT2D eigenvalue weighted by molar-refractivity contribution is 7.12. The van der Waals surface area contributed by atoms with Crippen LogP contribution in [0.4, 0.5) is 0 Å². The molecule has 0 aliphatic carbocycles. The zero-order valence-electron chi connectivity index (χ0n) is 13.3. The van der Waals surface area contributed by atoms with Crippen LogP contribution in [0.3, 0.4) is 0 Å². The summed E-state index contributed by atoms with van der Waals surface area (Å²) in [4.78, 5) is 16.0. The van der Waals surface area contributed by atoms with Crippen molar-refractivity contribution in [3.8, 4) is 0 Å². The summed E-state index contributed by atoms with van der Waals surface area (Å²) in [6.07, 6.45) is 1.32. The number of benzene rings is 1. The lowest BCUT2D eigenvalue weighted by Gasteiger charge is -2.36. The Labute approximate surface area is 155 Å². The molecule has 0 spiro atoms. The van der Waals surface area contributed by atoms with Gasteiger partial charge in [-0.1, -0.05) is 35.3 Å². The molecular formula is C18H19Cl2NO2S. The van der Waals surface area contributed by atoms with Crippen LogP contribution in [0.15, 0.2) is 30.3 Å². The van der Waals surface area contributed by atoms with E-state index in [1.807, 2.05) is 12.1 Å². The van der Waals surface area contributed by atoms with Crippen LogP contribution in [0, 0.1) is 12.8 Å². The Morgan fingerprint density at radius 1 is 1.25 bits per heavy atom. The Kier molecular flexibility index (Phi) is 5.50. The highest BCUT2D eigenvalue weighted by atomic mass is 35.5. The number of hydrogen-bond donors (Lipinski definition) is 1. The van der Waals surface area contributed by atoms with Crippen molar-refractivity contribution in [2.75, 3.05) is 13.1 Å². The number of aryl methyl sites for hydroxylation is 1. The number of likely N-dealkylation sites (tertiary alicyclic amines) is 1. The lowest BCUT2D eigenvalue weighted by Crippen LogP contribution is -2.39. The van der Waals surface area contributed by atoms with Gasteiger partial charge >= 0.3 is 5.97 Å². The van der Waals surface area contributed by atoms with Crippen LogP contribution in [0.2, 0.25) is 10.0 Å².